The monoisotopic (exact) mass is 224 g/mol. The Morgan fingerprint density at radius 2 is 1.69 bits per heavy atom. The van der Waals surface area contributed by atoms with Gasteiger partial charge >= 0.3 is 0 Å². The van der Waals surface area contributed by atoms with Gasteiger partial charge in [0.15, 0.2) is 0 Å². The second kappa shape index (κ2) is 6.02. The molecular formula is C14H28N2. The van der Waals surface area contributed by atoms with Gasteiger partial charge in [0.05, 0.1) is 0 Å². The van der Waals surface area contributed by atoms with Crippen LogP contribution >= 0.6 is 0 Å². The van der Waals surface area contributed by atoms with Crippen molar-refractivity contribution in [1.82, 2.24) is 10.2 Å². The minimum atomic E-state index is 0.813. The Hall–Kier alpha value is -0.0800. The fraction of sp³-hybridized carbons (Fsp3) is 1.00. The second-order valence-corrected chi connectivity index (χ2v) is 6.21. The Kier molecular flexibility index (Phi) is 4.66. The molecule has 0 bridgehead atoms. The summed E-state index contributed by atoms with van der Waals surface area (Å²) in [5, 5.41) is 3.56. The Bertz CT molecular complexity index is 189. The van der Waals surface area contributed by atoms with Crippen molar-refractivity contribution >= 4 is 0 Å². The SMILES string of the molecule is CC1CNCC(C)CN(CCCC2CC2)C1. The molecule has 94 valence electrons. The summed E-state index contributed by atoms with van der Waals surface area (Å²) in [6, 6.07) is 0. The van der Waals surface area contributed by atoms with Crippen molar-refractivity contribution in [3.8, 4) is 0 Å². The molecule has 0 aromatic carbocycles. The molecule has 2 rings (SSSR count). The molecule has 0 spiro atoms. The molecule has 1 N–H and O–H groups in total. The van der Waals surface area contributed by atoms with E-state index in [-0.39, 0.29) is 0 Å². The van der Waals surface area contributed by atoms with Crippen LogP contribution < -0.4 is 5.32 Å². The fourth-order valence-corrected chi connectivity index (χ4v) is 2.85. The van der Waals surface area contributed by atoms with E-state index in [4.69, 9.17) is 0 Å². The van der Waals surface area contributed by atoms with Gasteiger partial charge in [-0.05, 0) is 50.2 Å². The molecule has 1 heterocycles. The largest absolute Gasteiger partial charge is 0.316 e. The quantitative estimate of drug-likeness (QED) is 0.788. The van der Waals surface area contributed by atoms with Gasteiger partial charge in [-0.2, -0.15) is 0 Å². The van der Waals surface area contributed by atoms with E-state index < -0.39 is 0 Å². The molecule has 2 heteroatoms. The lowest BCUT2D eigenvalue weighted by atomic mass is 10.0. The lowest BCUT2D eigenvalue weighted by Crippen LogP contribution is -2.42. The highest BCUT2D eigenvalue weighted by Gasteiger charge is 2.22. The molecule has 2 nitrogen and oxygen atoms in total. The van der Waals surface area contributed by atoms with Crippen LogP contribution in [-0.4, -0.2) is 37.6 Å². The molecule has 1 saturated carbocycles. The van der Waals surface area contributed by atoms with Crippen molar-refractivity contribution < 1.29 is 0 Å². The summed E-state index contributed by atoms with van der Waals surface area (Å²) in [5.41, 5.74) is 0. The zero-order chi connectivity index (χ0) is 11.4. The van der Waals surface area contributed by atoms with Crippen molar-refractivity contribution in [2.45, 2.75) is 39.5 Å². The third-order valence-corrected chi connectivity index (χ3v) is 3.91. The maximum absolute atomic E-state index is 3.56. The molecule has 2 unspecified atom stereocenters. The van der Waals surface area contributed by atoms with E-state index in [0.29, 0.717) is 0 Å². The summed E-state index contributed by atoms with van der Waals surface area (Å²) in [5.74, 6) is 2.73. The van der Waals surface area contributed by atoms with E-state index in [1.165, 1.54) is 58.4 Å². The Morgan fingerprint density at radius 3 is 2.25 bits per heavy atom. The van der Waals surface area contributed by atoms with E-state index >= 15 is 0 Å². The zero-order valence-corrected chi connectivity index (χ0v) is 11.0. The molecule has 2 aliphatic rings. The molecule has 1 aliphatic carbocycles. The Balaban J connectivity index is 1.69. The zero-order valence-electron chi connectivity index (χ0n) is 11.0. The van der Waals surface area contributed by atoms with E-state index in [9.17, 15) is 0 Å². The average molecular weight is 224 g/mol. The van der Waals surface area contributed by atoms with Crippen molar-refractivity contribution in [1.29, 1.82) is 0 Å². The van der Waals surface area contributed by atoms with Crippen LogP contribution in [0.5, 0.6) is 0 Å². The molecule has 1 aliphatic heterocycles. The topological polar surface area (TPSA) is 15.3 Å². The summed E-state index contributed by atoms with van der Waals surface area (Å²) in [6.07, 6.45) is 5.93. The highest BCUT2D eigenvalue weighted by molar-refractivity contribution is 4.76. The third-order valence-electron chi connectivity index (χ3n) is 3.91. The van der Waals surface area contributed by atoms with Gasteiger partial charge in [-0.3, -0.25) is 0 Å². The fourth-order valence-electron chi connectivity index (χ4n) is 2.85. The molecule has 0 aromatic rings. The molecule has 0 radical (unpaired) electrons. The normalized spacial score (nSPS) is 33.4. The minimum absolute atomic E-state index is 0.813. The van der Waals surface area contributed by atoms with E-state index in [1.807, 2.05) is 0 Å². The summed E-state index contributed by atoms with van der Waals surface area (Å²) in [6.45, 7) is 11.1. The minimum Gasteiger partial charge on any atom is -0.316 e. The summed E-state index contributed by atoms with van der Waals surface area (Å²) in [7, 11) is 0. The van der Waals surface area contributed by atoms with Crippen molar-refractivity contribution in [2.75, 3.05) is 32.7 Å². The van der Waals surface area contributed by atoms with Gasteiger partial charge < -0.3 is 10.2 Å². The summed E-state index contributed by atoms with van der Waals surface area (Å²) < 4.78 is 0. The number of nitrogens with zero attached hydrogens (tertiary/aromatic N) is 1. The van der Waals surface area contributed by atoms with Crippen LogP contribution in [-0.2, 0) is 0 Å². The number of hydrogen-bond donors (Lipinski definition) is 1. The maximum Gasteiger partial charge on any atom is 0.00193 e. The van der Waals surface area contributed by atoms with Crippen LogP contribution in [0.15, 0.2) is 0 Å². The van der Waals surface area contributed by atoms with Crippen molar-refractivity contribution in [2.24, 2.45) is 17.8 Å². The number of hydrogen-bond acceptors (Lipinski definition) is 2. The molecule has 2 atom stereocenters. The molecule has 1 saturated heterocycles. The Labute approximate surface area is 101 Å². The third kappa shape index (κ3) is 4.42. The van der Waals surface area contributed by atoms with Crippen LogP contribution in [0.3, 0.4) is 0 Å². The van der Waals surface area contributed by atoms with Gasteiger partial charge in [0, 0.05) is 13.1 Å². The molecule has 0 amide bonds. The maximum atomic E-state index is 3.56. The predicted octanol–water partition coefficient (Wildman–Crippen LogP) is 2.35. The van der Waals surface area contributed by atoms with Crippen LogP contribution in [0.4, 0.5) is 0 Å². The number of nitrogens with one attached hydrogen (secondary N) is 1. The van der Waals surface area contributed by atoms with E-state index in [0.717, 1.165) is 17.8 Å². The smallest absolute Gasteiger partial charge is 0.00193 e. The molecule has 0 aromatic heterocycles. The van der Waals surface area contributed by atoms with Crippen molar-refractivity contribution in [3.63, 3.8) is 0 Å². The highest BCUT2D eigenvalue weighted by atomic mass is 15.1. The highest BCUT2D eigenvalue weighted by Crippen LogP contribution is 2.33. The van der Waals surface area contributed by atoms with Gasteiger partial charge in [0.1, 0.15) is 0 Å². The second-order valence-electron chi connectivity index (χ2n) is 6.21. The van der Waals surface area contributed by atoms with Gasteiger partial charge in [0.2, 0.25) is 0 Å². The van der Waals surface area contributed by atoms with E-state index in [2.05, 4.69) is 24.1 Å². The lowest BCUT2D eigenvalue weighted by Gasteiger charge is -2.31. The van der Waals surface area contributed by atoms with Crippen molar-refractivity contribution in [3.05, 3.63) is 0 Å². The van der Waals surface area contributed by atoms with Crippen LogP contribution in [0, 0.1) is 17.8 Å². The Morgan fingerprint density at radius 1 is 1.06 bits per heavy atom. The first-order chi connectivity index (χ1) is 7.74. The first kappa shape index (κ1) is 12.4. The first-order valence-electron chi connectivity index (χ1n) is 7.17. The molecular weight excluding hydrogens is 196 g/mol. The van der Waals surface area contributed by atoms with Gasteiger partial charge in [0.25, 0.3) is 0 Å². The van der Waals surface area contributed by atoms with Gasteiger partial charge in [-0.1, -0.05) is 26.7 Å². The molecule has 16 heavy (non-hydrogen) atoms. The van der Waals surface area contributed by atoms with E-state index in [1.54, 1.807) is 0 Å². The standard InChI is InChI=1S/C14H28N2/c1-12-8-15-9-13(2)11-16(10-12)7-3-4-14-5-6-14/h12-15H,3-11H2,1-2H3. The first-order valence-corrected chi connectivity index (χ1v) is 7.17. The predicted molar refractivity (Wildman–Crippen MR) is 69.6 cm³/mol. The van der Waals surface area contributed by atoms with Crippen LogP contribution in [0.1, 0.15) is 39.5 Å². The lowest BCUT2D eigenvalue weighted by molar-refractivity contribution is 0.182. The number of rotatable bonds is 4. The van der Waals surface area contributed by atoms with Gasteiger partial charge in [-0.15, -0.1) is 0 Å². The van der Waals surface area contributed by atoms with Crippen LogP contribution in [0.25, 0.3) is 0 Å². The summed E-state index contributed by atoms with van der Waals surface area (Å²) >= 11 is 0. The van der Waals surface area contributed by atoms with Gasteiger partial charge in [-0.25, -0.2) is 0 Å². The van der Waals surface area contributed by atoms with Crippen LogP contribution in [0.2, 0.25) is 0 Å². The molecule has 2 fully saturated rings. The summed E-state index contributed by atoms with van der Waals surface area (Å²) in [4.78, 5) is 2.71. The average Bonchev–Trinajstić information content (AvgIpc) is 2.99.